The largest absolute Gasteiger partial charge is 0.483 e. The molecule has 0 bridgehead atoms. The first-order chi connectivity index (χ1) is 9.49. The Hall–Kier alpha value is -1.55. The quantitative estimate of drug-likeness (QED) is 0.914. The number of hydrogen-bond donors (Lipinski definition) is 1. The molecule has 2 unspecified atom stereocenters. The summed E-state index contributed by atoms with van der Waals surface area (Å²) in [6.45, 7) is 7.15. The number of hydrogen-bond acceptors (Lipinski definition) is 3. The van der Waals surface area contributed by atoms with E-state index in [0.717, 1.165) is 23.3 Å². The van der Waals surface area contributed by atoms with E-state index in [2.05, 4.69) is 0 Å². The Morgan fingerprint density at radius 2 is 2.10 bits per heavy atom. The second-order valence-corrected chi connectivity index (χ2v) is 5.64. The van der Waals surface area contributed by atoms with Crippen molar-refractivity contribution in [3.63, 3.8) is 0 Å². The molecular weight excluding hydrogens is 254 g/mol. The molecule has 20 heavy (non-hydrogen) atoms. The molecule has 0 aliphatic carbocycles. The van der Waals surface area contributed by atoms with Crippen LogP contribution in [0.2, 0.25) is 0 Å². The van der Waals surface area contributed by atoms with Crippen molar-refractivity contribution in [1.82, 2.24) is 4.90 Å². The van der Waals surface area contributed by atoms with Gasteiger partial charge in [-0.2, -0.15) is 0 Å². The third kappa shape index (κ3) is 3.31. The SMILES string of the molecule is Cc1cccc(C)c1OCC(=O)N1CCC(C(C)O)C1. The van der Waals surface area contributed by atoms with Gasteiger partial charge in [0.1, 0.15) is 5.75 Å². The fourth-order valence-corrected chi connectivity index (χ4v) is 2.66. The molecule has 1 aromatic rings. The number of rotatable bonds is 4. The highest BCUT2D eigenvalue weighted by Crippen LogP contribution is 2.23. The summed E-state index contributed by atoms with van der Waals surface area (Å²) in [7, 11) is 0. The first kappa shape index (κ1) is 14.9. The summed E-state index contributed by atoms with van der Waals surface area (Å²) >= 11 is 0. The highest BCUT2D eigenvalue weighted by Gasteiger charge is 2.29. The molecule has 1 aromatic carbocycles. The minimum Gasteiger partial charge on any atom is -0.483 e. The molecule has 0 aromatic heterocycles. The molecule has 0 saturated carbocycles. The molecule has 0 spiro atoms. The van der Waals surface area contributed by atoms with Crippen LogP contribution in [0.1, 0.15) is 24.5 Å². The van der Waals surface area contributed by atoms with Crippen LogP contribution in [0.4, 0.5) is 0 Å². The second kappa shape index (κ2) is 6.27. The van der Waals surface area contributed by atoms with Gasteiger partial charge < -0.3 is 14.7 Å². The zero-order chi connectivity index (χ0) is 14.7. The minimum atomic E-state index is -0.354. The maximum absolute atomic E-state index is 12.1. The predicted octanol–water partition coefficient (Wildman–Crippen LogP) is 1.91. The number of nitrogens with zero attached hydrogens (tertiary/aromatic N) is 1. The number of aliphatic hydroxyl groups excluding tert-OH is 1. The minimum absolute atomic E-state index is 0.00389. The summed E-state index contributed by atoms with van der Waals surface area (Å²) < 4.78 is 5.68. The maximum atomic E-state index is 12.1. The molecule has 1 N–H and O–H groups in total. The Morgan fingerprint density at radius 1 is 1.45 bits per heavy atom. The van der Waals surface area contributed by atoms with Crippen LogP contribution in [0.15, 0.2) is 18.2 Å². The summed E-state index contributed by atoms with van der Waals surface area (Å²) in [6.07, 6.45) is 0.514. The zero-order valence-electron chi connectivity index (χ0n) is 12.4. The van der Waals surface area contributed by atoms with Crippen molar-refractivity contribution in [3.8, 4) is 5.75 Å². The first-order valence-corrected chi connectivity index (χ1v) is 7.14. The number of carbonyl (C=O) groups is 1. The smallest absolute Gasteiger partial charge is 0.260 e. The van der Waals surface area contributed by atoms with Crippen LogP contribution in [0.3, 0.4) is 0 Å². The van der Waals surface area contributed by atoms with Crippen LogP contribution in [0.25, 0.3) is 0 Å². The average molecular weight is 277 g/mol. The van der Waals surface area contributed by atoms with Gasteiger partial charge in [0.15, 0.2) is 6.61 Å². The Kier molecular flexibility index (Phi) is 4.65. The van der Waals surface area contributed by atoms with Gasteiger partial charge in [0, 0.05) is 19.0 Å². The standard InChI is InChI=1S/C16H23NO3/c1-11-5-4-6-12(2)16(11)20-10-15(19)17-8-7-14(9-17)13(3)18/h4-6,13-14,18H,7-10H2,1-3H3. The van der Waals surface area contributed by atoms with E-state index in [1.54, 1.807) is 11.8 Å². The van der Waals surface area contributed by atoms with Crippen molar-refractivity contribution in [2.75, 3.05) is 19.7 Å². The van der Waals surface area contributed by atoms with E-state index < -0.39 is 0 Å². The molecule has 2 rings (SSSR count). The molecule has 1 saturated heterocycles. The van der Waals surface area contributed by atoms with Crippen molar-refractivity contribution in [3.05, 3.63) is 29.3 Å². The van der Waals surface area contributed by atoms with Crippen LogP contribution in [0, 0.1) is 19.8 Å². The molecule has 1 amide bonds. The summed E-state index contributed by atoms with van der Waals surface area (Å²) in [4.78, 5) is 13.9. The van der Waals surface area contributed by atoms with Crippen molar-refractivity contribution < 1.29 is 14.6 Å². The van der Waals surface area contributed by atoms with Gasteiger partial charge in [0.2, 0.25) is 0 Å². The molecule has 4 heteroatoms. The van der Waals surface area contributed by atoms with Gasteiger partial charge in [-0.25, -0.2) is 0 Å². The fraction of sp³-hybridized carbons (Fsp3) is 0.562. The van der Waals surface area contributed by atoms with Gasteiger partial charge >= 0.3 is 0 Å². The fourth-order valence-electron chi connectivity index (χ4n) is 2.66. The lowest BCUT2D eigenvalue weighted by Gasteiger charge is -2.19. The van der Waals surface area contributed by atoms with Gasteiger partial charge in [-0.05, 0) is 38.3 Å². The monoisotopic (exact) mass is 277 g/mol. The zero-order valence-corrected chi connectivity index (χ0v) is 12.4. The molecule has 1 aliphatic heterocycles. The van der Waals surface area contributed by atoms with E-state index in [1.165, 1.54) is 0 Å². The Morgan fingerprint density at radius 3 is 2.65 bits per heavy atom. The van der Waals surface area contributed by atoms with Gasteiger partial charge in [0.05, 0.1) is 6.10 Å². The lowest BCUT2D eigenvalue weighted by Crippen LogP contribution is -2.34. The Labute approximate surface area is 120 Å². The summed E-state index contributed by atoms with van der Waals surface area (Å²) in [5.41, 5.74) is 2.09. The summed E-state index contributed by atoms with van der Waals surface area (Å²) in [5.74, 6) is 0.988. The van der Waals surface area contributed by atoms with Crippen molar-refractivity contribution in [2.45, 2.75) is 33.3 Å². The number of amides is 1. The summed E-state index contributed by atoms with van der Waals surface area (Å²) in [5, 5.41) is 9.56. The normalized spacial score (nSPS) is 20.0. The van der Waals surface area contributed by atoms with Crippen LogP contribution >= 0.6 is 0 Å². The molecule has 4 nitrogen and oxygen atoms in total. The van der Waals surface area contributed by atoms with E-state index >= 15 is 0 Å². The van der Waals surface area contributed by atoms with Crippen molar-refractivity contribution in [2.24, 2.45) is 5.92 Å². The molecule has 1 aliphatic rings. The number of aliphatic hydroxyl groups is 1. The number of likely N-dealkylation sites (tertiary alicyclic amines) is 1. The van der Waals surface area contributed by atoms with E-state index in [1.807, 2.05) is 32.0 Å². The molecule has 2 atom stereocenters. The number of para-hydroxylation sites is 1. The van der Waals surface area contributed by atoms with E-state index in [0.29, 0.717) is 13.1 Å². The van der Waals surface area contributed by atoms with Crippen LogP contribution in [0.5, 0.6) is 5.75 Å². The number of benzene rings is 1. The summed E-state index contributed by atoms with van der Waals surface area (Å²) in [6, 6.07) is 5.94. The van der Waals surface area contributed by atoms with Gasteiger partial charge in [-0.1, -0.05) is 18.2 Å². The number of aryl methyl sites for hydroxylation is 2. The van der Waals surface area contributed by atoms with Crippen LogP contribution in [-0.4, -0.2) is 41.7 Å². The van der Waals surface area contributed by atoms with E-state index in [4.69, 9.17) is 4.74 Å². The van der Waals surface area contributed by atoms with Crippen molar-refractivity contribution >= 4 is 5.91 Å². The maximum Gasteiger partial charge on any atom is 0.260 e. The molecule has 1 heterocycles. The van der Waals surface area contributed by atoms with E-state index in [9.17, 15) is 9.90 Å². The van der Waals surface area contributed by atoms with E-state index in [-0.39, 0.29) is 24.5 Å². The third-order valence-corrected chi connectivity index (χ3v) is 4.01. The van der Waals surface area contributed by atoms with Crippen LogP contribution in [-0.2, 0) is 4.79 Å². The topological polar surface area (TPSA) is 49.8 Å². The van der Waals surface area contributed by atoms with Gasteiger partial charge in [-0.15, -0.1) is 0 Å². The number of carbonyl (C=O) groups excluding carboxylic acids is 1. The lowest BCUT2D eigenvalue weighted by molar-refractivity contribution is -0.132. The highest BCUT2D eigenvalue weighted by atomic mass is 16.5. The average Bonchev–Trinajstić information content (AvgIpc) is 2.87. The highest BCUT2D eigenvalue weighted by molar-refractivity contribution is 5.78. The molecule has 110 valence electrons. The number of ether oxygens (including phenoxy) is 1. The molecule has 1 fully saturated rings. The molecular formula is C16H23NO3. The van der Waals surface area contributed by atoms with Crippen LogP contribution < -0.4 is 4.74 Å². The van der Waals surface area contributed by atoms with Gasteiger partial charge in [-0.3, -0.25) is 4.79 Å². The molecule has 0 radical (unpaired) electrons. The Balaban J connectivity index is 1.90. The second-order valence-electron chi connectivity index (χ2n) is 5.64. The third-order valence-electron chi connectivity index (χ3n) is 4.01. The Bertz CT molecular complexity index is 464. The predicted molar refractivity (Wildman–Crippen MR) is 77.8 cm³/mol. The lowest BCUT2D eigenvalue weighted by atomic mass is 10.0. The first-order valence-electron chi connectivity index (χ1n) is 7.14. The van der Waals surface area contributed by atoms with Gasteiger partial charge in [0.25, 0.3) is 5.91 Å². The van der Waals surface area contributed by atoms with Crippen molar-refractivity contribution in [1.29, 1.82) is 0 Å².